The molecule has 0 aliphatic carbocycles. The summed E-state index contributed by atoms with van der Waals surface area (Å²) in [6.07, 6.45) is 2.22. The fraction of sp³-hybridized carbons (Fsp3) is 0.522. The van der Waals surface area contributed by atoms with Gasteiger partial charge in [-0.05, 0) is 43.0 Å². The van der Waals surface area contributed by atoms with E-state index >= 15 is 0 Å². The Hall–Kier alpha value is -2.45. The minimum atomic E-state index is -0.133. The highest BCUT2D eigenvalue weighted by Gasteiger charge is 2.34. The Labute approximate surface area is 186 Å². The summed E-state index contributed by atoms with van der Waals surface area (Å²) in [4.78, 5) is 20.4. The van der Waals surface area contributed by atoms with Crippen LogP contribution in [-0.2, 0) is 16.0 Å². The van der Waals surface area contributed by atoms with E-state index in [2.05, 4.69) is 53.1 Å². The number of aromatic hydroxyl groups is 1. The summed E-state index contributed by atoms with van der Waals surface area (Å²) in [5, 5.41) is 15.5. The Morgan fingerprint density at radius 1 is 1.23 bits per heavy atom. The molecule has 31 heavy (non-hydrogen) atoms. The summed E-state index contributed by atoms with van der Waals surface area (Å²) in [7, 11) is 1.45. The van der Waals surface area contributed by atoms with E-state index in [0.717, 1.165) is 48.6 Å². The van der Waals surface area contributed by atoms with E-state index < -0.39 is 0 Å². The zero-order chi connectivity index (χ0) is 22.1. The Bertz CT molecular complexity index is 1050. The summed E-state index contributed by atoms with van der Waals surface area (Å²) < 4.78 is 6.50. The molecule has 1 N–H and O–H groups in total. The minimum Gasteiger partial charge on any atom is -0.492 e. The third kappa shape index (κ3) is 4.19. The van der Waals surface area contributed by atoms with Crippen LogP contribution in [0.25, 0.3) is 4.96 Å². The Balaban J connectivity index is 1.70. The number of benzene rings is 1. The molecule has 166 valence electrons. The van der Waals surface area contributed by atoms with Gasteiger partial charge in [-0.2, -0.15) is 4.52 Å². The number of carbonyl (C=O) groups is 1. The molecule has 1 atom stereocenters. The first-order chi connectivity index (χ1) is 14.9. The molecule has 0 saturated carbocycles. The van der Waals surface area contributed by atoms with E-state index in [1.165, 1.54) is 24.0 Å². The van der Waals surface area contributed by atoms with Crippen LogP contribution in [0.2, 0.25) is 0 Å². The molecule has 1 fully saturated rings. The van der Waals surface area contributed by atoms with Crippen molar-refractivity contribution in [2.24, 2.45) is 5.92 Å². The van der Waals surface area contributed by atoms with Crippen molar-refractivity contribution >= 4 is 22.3 Å². The number of aryl methyl sites for hydroxylation is 1. The van der Waals surface area contributed by atoms with Gasteiger partial charge in [0, 0.05) is 6.42 Å². The Morgan fingerprint density at radius 2 is 1.87 bits per heavy atom. The molecule has 4 rings (SSSR count). The SMILES string of the molecule is CCc1nc2sc([C@H](c3ccc(C(C)C)cc3)N3CCC(C(=O)OC)CC3)c(O)n2n1. The van der Waals surface area contributed by atoms with Crippen molar-refractivity contribution in [1.82, 2.24) is 19.5 Å². The molecule has 1 aromatic carbocycles. The smallest absolute Gasteiger partial charge is 0.308 e. The zero-order valence-electron chi connectivity index (χ0n) is 18.5. The maximum absolute atomic E-state index is 12.0. The van der Waals surface area contributed by atoms with Gasteiger partial charge in [-0.25, -0.2) is 4.98 Å². The maximum atomic E-state index is 12.0. The molecular formula is C23H30N4O3S. The number of nitrogens with zero attached hydrogens (tertiary/aromatic N) is 4. The molecule has 0 unspecified atom stereocenters. The number of aromatic nitrogens is 3. The van der Waals surface area contributed by atoms with Gasteiger partial charge in [0.2, 0.25) is 10.8 Å². The normalized spacial score (nSPS) is 16.8. The summed E-state index contributed by atoms with van der Waals surface area (Å²) in [5.41, 5.74) is 2.41. The quantitative estimate of drug-likeness (QED) is 0.578. The maximum Gasteiger partial charge on any atom is 0.308 e. The van der Waals surface area contributed by atoms with Crippen LogP contribution >= 0.6 is 11.3 Å². The lowest BCUT2D eigenvalue weighted by Gasteiger charge is -2.36. The average molecular weight is 443 g/mol. The Morgan fingerprint density at radius 3 is 2.42 bits per heavy atom. The highest BCUT2D eigenvalue weighted by Crippen LogP contribution is 2.41. The van der Waals surface area contributed by atoms with E-state index in [1.807, 2.05) is 6.92 Å². The van der Waals surface area contributed by atoms with Crippen LogP contribution in [-0.4, -0.2) is 50.8 Å². The predicted octanol–water partition coefficient (Wildman–Crippen LogP) is 4.16. The van der Waals surface area contributed by atoms with Crippen molar-refractivity contribution < 1.29 is 14.6 Å². The van der Waals surface area contributed by atoms with Gasteiger partial charge < -0.3 is 9.84 Å². The van der Waals surface area contributed by atoms with Crippen LogP contribution in [0.15, 0.2) is 24.3 Å². The van der Waals surface area contributed by atoms with Crippen LogP contribution in [0.5, 0.6) is 5.88 Å². The standard InChI is InChI=1S/C23H30N4O3S/c1-5-18-24-23-27(25-18)21(28)20(31-23)19(16-8-6-15(7-9-16)14(2)3)26-12-10-17(11-13-26)22(29)30-4/h6-9,14,17,19,28H,5,10-13H2,1-4H3/t19-/m0/s1. The number of likely N-dealkylation sites (tertiary alicyclic amines) is 1. The first-order valence-electron chi connectivity index (χ1n) is 10.9. The number of rotatable bonds is 6. The van der Waals surface area contributed by atoms with Crippen molar-refractivity contribution in [3.8, 4) is 5.88 Å². The van der Waals surface area contributed by atoms with E-state index in [9.17, 15) is 9.90 Å². The monoisotopic (exact) mass is 442 g/mol. The average Bonchev–Trinajstić information content (AvgIpc) is 3.33. The fourth-order valence-electron chi connectivity index (χ4n) is 4.27. The van der Waals surface area contributed by atoms with Crippen LogP contribution < -0.4 is 0 Å². The molecule has 3 aromatic rings. The number of fused-ring (bicyclic) bond motifs is 1. The summed E-state index contributed by atoms with van der Waals surface area (Å²) >= 11 is 1.48. The third-order valence-electron chi connectivity index (χ3n) is 6.16. The second kappa shape index (κ2) is 8.96. The number of hydrogen-bond acceptors (Lipinski definition) is 7. The highest BCUT2D eigenvalue weighted by atomic mass is 32.1. The van der Waals surface area contributed by atoms with Crippen LogP contribution in [0.3, 0.4) is 0 Å². The number of ether oxygens (including phenoxy) is 1. The molecule has 7 nitrogen and oxygen atoms in total. The van der Waals surface area contributed by atoms with Crippen molar-refractivity contribution in [3.63, 3.8) is 0 Å². The van der Waals surface area contributed by atoms with Crippen LogP contribution in [0.1, 0.15) is 67.4 Å². The summed E-state index contributed by atoms with van der Waals surface area (Å²) in [6.45, 7) is 7.87. The highest BCUT2D eigenvalue weighted by molar-refractivity contribution is 7.17. The first-order valence-corrected chi connectivity index (χ1v) is 11.7. The van der Waals surface area contributed by atoms with Gasteiger partial charge in [-0.1, -0.05) is 56.4 Å². The molecule has 1 saturated heterocycles. The molecule has 1 aliphatic heterocycles. The Kier molecular flexibility index (Phi) is 6.29. The van der Waals surface area contributed by atoms with Crippen molar-refractivity contribution in [1.29, 1.82) is 0 Å². The van der Waals surface area contributed by atoms with Gasteiger partial charge in [0.25, 0.3) is 0 Å². The van der Waals surface area contributed by atoms with Gasteiger partial charge in [0.15, 0.2) is 5.82 Å². The topological polar surface area (TPSA) is 80.0 Å². The van der Waals surface area contributed by atoms with E-state index in [-0.39, 0.29) is 23.8 Å². The van der Waals surface area contributed by atoms with E-state index in [4.69, 9.17) is 4.74 Å². The molecule has 3 heterocycles. The molecule has 2 aromatic heterocycles. The molecule has 0 amide bonds. The van der Waals surface area contributed by atoms with Gasteiger partial charge >= 0.3 is 5.97 Å². The molecule has 0 bridgehead atoms. The third-order valence-corrected chi connectivity index (χ3v) is 7.23. The number of thiazole rings is 1. The molecule has 8 heteroatoms. The minimum absolute atomic E-state index is 0.0618. The number of piperidine rings is 1. The van der Waals surface area contributed by atoms with Crippen LogP contribution in [0, 0.1) is 5.92 Å². The lowest BCUT2D eigenvalue weighted by molar-refractivity contribution is -0.147. The van der Waals surface area contributed by atoms with Crippen molar-refractivity contribution in [2.45, 2.75) is 52.0 Å². The predicted molar refractivity (Wildman–Crippen MR) is 121 cm³/mol. The van der Waals surface area contributed by atoms with Gasteiger partial charge in [-0.3, -0.25) is 9.69 Å². The van der Waals surface area contributed by atoms with Crippen LogP contribution in [0.4, 0.5) is 0 Å². The molecular weight excluding hydrogens is 412 g/mol. The zero-order valence-corrected chi connectivity index (χ0v) is 19.4. The molecule has 0 spiro atoms. The van der Waals surface area contributed by atoms with E-state index in [1.54, 1.807) is 4.52 Å². The van der Waals surface area contributed by atoms with E-state index in [0.29, 0.717) is 10.9 Å². The summed E-state index contributed by atoms with van der Waals surface area (Å²) in [6, 6.07) is 8.52. The first kappa shape index (κ1) is 21.8. The summed E-state index contributed by atoms with van der Waals surface area (Å²) in [5.74, 6) is 1.14. The number of carbonyl (C=O) groups excluding carboxylic acids is 1. The van der Waals surface area contributed by atoms with Gasteiger partial charge in [-0.15, -0.1) is 5.10 Å². The second-order valence-corrected chi connectivity index (χ2v) is 9.43. The lowest BCUT2D eigenvalue weighted by Crippen LogP contribution is -2.39. The number of hydrogen-bond donors (Lipinski definition) is 1. The van der Waals surface area contributed by atoms with Gasteiger partial charge in [0.1, 0.15) is 0 Å². The van der Waals surface area contributed by atoms with Crippen molar-refractivity contribution in [3.05, 3.63) is 46.1 Å². The number of esters is 1. The molecule has 0 radical (unpaired) electrons. The fourth-order valence-corrected chi connectivity index (χ4v) is 5.41. The van der Waals surface area contributed by atoms with Gasteiger partial charge in [0.05, 0.1) is 23.9 Å². The largest absolute Gasteiger partial charge is 0.492 e. The second-order valence-electron chi connectivity index (χ2n) is 8.42. The van der Waals surface area contributed by atoms with Crippen molar-refractivity contribution in [2.75, 3.05) is 20.2 Å². The number of methoxy groups -OCH3 is 1. The molecule has 1 aliphatic rings. The lowest BCUT2D eigenvalue weighted by atomic mass is 9.93.